The molecule has 0 aliphatic heterocycles. The Kier molecular flexibility index (Phi) is 22.3. The first-order chi connectivity index (χ1) is 19.1. The average Bonchev–Trinajstić information content (AvgIpc) is 2.93. The van der Waals surface area contributed by atoms with E-state index in [0.717, 1.165) is 31.2 Å². The van der Waals surface area contributed by atoms with E-state index in [2.05, 4.69) is 32.9 Å². The Morgan fingerprint density at radius 1 is 0.692 bits per heavy atom. The molecule has 1 aromatic carbocycles. The third kappa shape index (κ3) is 20.5. The number of unbranched alkanes of at least 4 members (excludes halogenated alkanes) is 12. The second kappa shape index (κ2) is 24.9. The standard InChI is InChI=1S/C35H58O4/c1-4-7-9-10-11-12-13-14-15-16-17-18-19-20-21-23-34(36)39-33-26-24-32(25-27-33)30-35(37)38-29-28-31(6-3)22-8-5-2/h14-15,24-27,31H,4-13,16-23,28-30H2,1-3H3/b15-14-. The van der Waals surface area contributed by atoms with Crippen LogP contribution in [-0.2, 0) is 20.7 Å². The van der Waals surface area contributed by atoms with Crippen molar-refractivity contribution < 1.29 is 19.1 Å². The molecule has 222 valence electrons. The molecule has 0 saturated heterocycles. The van der Waals surface area contributed by atoms with Gasteiger partial charge in [-0.2, -0.15) is 0 Å². The first-order valence-corrected chi connectivity index (χ1v) is 16.2. The fourth-order valence-corrected chi connectivity index (χ4v) is 4.80. The molecular formula is C35H58O4. The van der Waals surface area contributed by atoms with E-state index in [-0.39, 0.29) is 18.4 Å². The van der Waals surface area contributed by atoms with Crippen molar-refractivity contribution in [3.63, 3.8) is 0 Å². The van der Waals surface area contributed by atoms with Crippen LogP contribution in [0.1, 0.15) is 148 Å². The molecule has 0 aliphatic rings. The van der Waals surface area contributed by atoms with Crippen molar-refractivity contribution in [1.29, 1.82) is 0 Å². The van der Waals surface area contributed by atoms with Gasteiger partial charge >= 0.3 is 11.9 Å². The van der Waals surface area contributed by atoms with Crippen LogP contribution in [0.2, 0.25) is 0 Å². The number of ether oxygens (including phenoxy) is 2. The van der Waals surface area contributed by atoms with Crippen LogP contribution >= 0.6 is 0 Å². The minimum atomic E-state index is -0.200. The molecule has 0 aromatic heterocycles. The Morgan fingerprint density at radius 2 is 1.28 bits per heavy atom. The molecule has 0 radical (unpaired) electrons. The molecule has 4 heteroatoms. The summed E-state index contributed by atoms with van der Waals surface area (Å²) in [5.41, 5.74) is 0.870. The normalized spacial score (nSPS) is 12.1. The van der Waals surface area contributed by atoms with Crippen LogP contribution in [0.25, 0.3) is 0 Å². The lowest BCUT2D eigenvalue weighted by Crippen LogP contribution is -2.12. The summed E-state index contributed by atoms with van der Waals surface area (Å²) in [6.45, 7) is 7.17. The highest BCUT2D eigenvalue weighted by atomic mass is 16.5. The fraction of sp³-hybridized carbons (Fsp3) is 0.714. The first-order valence-electron chi connectivity index (χ1n) is 16.2. The van der Waals surface area contributed by atoms with E-state index >= 15 is 0 Å². The van der Waals surface area contributed by atoms with Crippen LogP contribution in [0.4, 0.5) is 0 Å². The maximum Gasteiger partial charge on any atom is 0.311 e. The van der Waals surface area contributed by atoms with Gasteiger partial charge in [0.1, 0.15) is 5.75 Å². The van der Waals surface area contributed by atoms with Gasteiger partial charge in [0.15, 0.2) is 0 Å². The van der Waals surface area contributed by atoms with E-state index in [1.165, 1.54) is 89.9 Å². The second-order valence-electron chi connectivity index (χ2n) is 11.1. The summed E-state index contributed by atoms with van der Waals surface area (Å²) in [5.74, 6) is 0.785. The van der Waals surface area contributed by atoms with Gasteiger partial charge in [0.25, 0.3) is 0 Å². The Morgan fingerprint density at radius 3 is 1.90 bits per heavy atom. The van der Waals surface area contributed by atoms with Crippen molar-refractivity contribution in [3.05, 3.63) is 42.0 Å². The van der Waals surface area contributed by atoms with Gasteiger partial charge in [-0.3, -0.25) is 9.59 Å². The van der Waals surface area contributed by atoms with Crippen LogP contribution < -0.4 is 4.74 Å². The zero-order valence-corrected chi connectivity index (χ0v) is 25.5. The molecule has 0 aliphatic carbocycles. The minimum absolute atomic E-state index is 0.187. The molecule has 0 fully saturated rings. The van der Waals surface area contributed by atoms with Gasteiger partial charge in [-0.15, -0.1) is 0 Å². The summed E-state index contributed by atoms with van der Waals surface area (Å²) in [6, 6.07) is 7.20. The van der Waals surface area contributed by atoms with Gasteiger partial charge < -0.3 is 9.47 Å². The van der Waals surface area contributed by atoms with Crippen molar-refractivity contribution in [1.82, 2.24) is 0 Å². The van der Waals surface area contributed by atoms with Gasteiger partial charge in [0.05, 0.1) is 13.0 Å². The molecule has 0 spiro atoms. The van der Waals surface area contributed by atoms with E-state index in [9.17, 15) is 9.59 Å². The molecule has 0 saturated carbocycles. The highest BCUT2D eigenvalue weighted by Gasteiger charge is 2.10. The predicted molar refractivity (Wildman–Crippen MR) is 164 cm³/mol. The van der Waals surface area contributed by atoms with Crippen molar-refractivity contribution in [2.24, 2.45) is 5.92 Å². The molecule has 1 aromatic rings. The van der Waals surface area contributed by atoms with Gasteiger partial charge in [-0.1, -0.05) is 122 Å². The number of hydrogen-bond acceptors (Lipinski definition) is 4. The van der Waals surface area contributed by atoms with Gasteiger partial charge in [0.2, 0.25) is 0 Å². The van der Waals surface area contributed by atoms with E-state index in [0.29, 0.717) is 24.7 Å². The Bertz CT molecular complexity index is 752. The maximum absolute atomic E-state index is 12.2. The van der Waals surface area contributed by atoms with Crippen LogP contribution in [-0.4, -0.2) is 18.5 Å². The van der Waals surface area contributed by atoms with E-state index in [4.69, 9.17) is 9.47 Å². The van der Waals surface area contributed by atoms with E-state index in [1.807, 2.05) is 12.1 Å². The van der Waals surface area contributed by atoms with Crippen molar-refractivity contribution in [2.45, 2.75) is 149 Å². The smallest absolute Gasteiger partial charge is 0.311 e. The van der Waals surface area contributed by atoms with Crippen molar-refractivity contribution in [3.8, 4) is 5.75 Å². The van der Waals surface area contributed by atoms with Crippen LogP contribution in [0.15, 0.2) is 36.4 Å². The maximum atomic E-state index is 12.2. The van der Waals surface area contributed by atoms with Crippen molar-refractivity contribution >= 4 is 11.9 Å². The zero-order chi connectivity index (χ0) is 28.4. The number of esters is 2. The van der Waals surface area contributed by atoms with Crippen LogP contribution in [0.5, 0.6) is 5.75 Å². The van der Waals surface area contributed by atoms with Gasteiger partial charge in [-0.05, 0) is 62.1 Å². The lowest BCUT2D eigenvalue weighted by Gasteiger charge is -2.14. The van der Waals surface area contributed by atoms with E-state index in [1.54, 1.807) is 12.1 Å². The number of carbonyl (C=O) groups excluding carboxylic acids is 2. The quantitative estimate of drug-likeness (QED) is 0.0533. The molecule has 1 atom stereocenters. The molecule has 0 amide bonds. The molecular weight excluding hydrogens is 484 g/mol. The summed E-state index contributed by atoms with van der Waals surface area (Å²) >= 11 is 0. The predicted octanol–water partition coefficient (Wildman–Crippen LogP) is 10.3. The Labute approximate surface area is 240 Å². The summed E-state index contributed by atoms with van der Waals surface area (Å²) in [7, 11) is 0. The minimum Gasteiger partial charge on any atom is -0.465 e. The number of rotatable bonds is 25. The summed E-state index contributed by atoms with van der Waals surface area (Å²) < 4.78 is 10.9. The third-order valence-corrected chi connectivity index (χ3v) is 7.48. The molecule has 4 nitrogen and oxygen atoms in total. The average molecular weight is 543 g/mol. The van der Waals surface area contributed by atoms with Crippen molar-refractivity contribution in [2.75, 3.05) is 6.61 Å². The Hall–Kier alpha value is -2.10. The molecule has 1 unspecified atom stereocenters. The number of hydrogen-bond donors (Lipinski definition) is 0. The Balaban J connectivity index is 2.06. The van der Waals surface area contributed by atoms with Crippen LogP contribution in [0, 0.1) is 5.92 Å². The largest absolute Gasteiger partial charge is 0.465 e. The zero-order valence-electron chi connectivity index (χ0n) is 25.5. The second-order valence-corrected chi connectivity index (χ2v) is 11.1. The van der Waals surface area contributed by atoms with Gasteiger partial charge in [0, 0.05) is 6.42 Å². The fourth-order valence-electron chi connectivity index (χ4n) is 4.80. The summed E-state index contributed by atoms with van der Waals surface area (Å²) in [6.07, 6.45) is 27.2. The summed E-state index contributed by atoms with van der Waals surface area (Å²) in [5, 5.41) is 0. The highest BCUT2D eigenvalue weighted by molar-refractivity contribution is 5.73. The molecule has 0 heterocycles. The monoisotopic (exact) mass is 542 g/mol. The topological polar surface area (TPSA) is 52.6 Å². The lowest BCUT2D eigenvalue weighted by atomic mass is 9.96. The molecule has 1 rings (SSSR count). The SMILES string of the molecule is CCCCCCCC/C=C\CCCCCCCC(=O)Oc1ccc(CC(=O)OCCC(CC)CCCC)cc1. The highest BCUT2D eigenvalue weighted by Crippen LogP contribution is 2.18. The first kappa shape index (κ1) is 34.9. The van der Waals surface area contributed by atoms with Gasteiger partial charge in [-0.25, -0.2) is 0 Å². The molecule has 0 N–H and O–H groups in total. The molecule has 0 bridgehead atoms. The number of carbonyl (C=O) groups is 2. The lowest BCUT2D eigenvalue weighted by molar-refractivity contribution is -0.143. The number of allylic oxidation sites excluding steroid dienone is 2. The van der Waals surface area contributed by atoms with Crippen LogP contribution in [0.3, 0.4) is 0 Å². The summed E-state index contributed by atoms with van der Waals surface area (Å²) in [4.78, 5) is 24.3. The molecule has 39 heavy (non-hydrogen) atoms. The third-order valence-electron chi connectivity index (χ3n) is 7.48. The van der Waals surface area contributed by atoms with E-state index < -0.39 is 0 Å². The number of benzene rings is 1.